The number of unbranched alkanes of at least 4 members (excludes halogenated alkanes) is 21. The molecule has 0 aromatic heterocycles. The Bertz CT molecular complexity index is 1520. The predicted molar refractivity (Wildman–Crippen MR) is 311 cm³/mol. The maximum atomic E-state index is 12.8. The summed E-state index contributed by atoms with van der Waals surface area (Å²) >= 11 is 0. The van der Waals surface area contributed by atoms with Crippen LogP contribution in [0, 0.1) is 0 Å². The van der Waals surface area contributed by atoms with E-state index < -0.39 is 6.10 Å². The van der Waals surface area contributed by atoms with Crippen molar-refractivity contribution in [1.29, 1.82) is 0 Å². The smallest absolute Gasteiger partial charge is 0.306 e. The van der Waals surface area contributed by atoms with Gasteiger partial charge in [0.2, 0.25) is 0 Å². The van der Waals surface area contributed by atoms with Crippen LogP contribution in [0.4, 0.5) is 0 Å². The Morgan fingerprint density at radius 2 is 0.556 bits per heavy atom. The summed E-state index contributed by atoms with van der Waals surface area (Å²) in [5.41, 5.74) is 0. The lowest BCUT2D eigenvalue weighted by Gasteiger charge is -2.18. The topological polar surface area (TPSA) is 78.9 Å². The molecule has 6 heteroatoms. The Hall–Kier alpha value is -4.19. The lowest BCUT2D eigenvalue weighted by Crippen LogP contribution is -2.30. The van der Waals surface area contributed by atoms with Gasteiger partial charge < -0.3 is 14.2 Å². The van der Waals surface area contributed by atoms with Crippen LogP contribution in [0.15, 0.2) is 122 Å². The van der Waals surface area contributed by atoms with Crippen molar-refractivity contribution in [3.05, 3.63) is 122 Å². The van der Waals surface area contributed by atoms with Crippen molar-refractivity contribution >= 4 is 17.9 Å². The van der Waals surface area contributed by atoms with Gasteiger partial charge in [-0.05, 0) is 103 Å². The molecule has 0 spiro atoms. The Balaban J connectivity index is 4.11. The number of hydrogen-bond donors (Lipinski definition) is 0. The largest absolute Gasteiger partial charge is 0.462 e. The molecule has 0 aliphatic carbocycles. The van der Waals surface area contributed by atoms with Crippen LogP contribution in [-0.2, 0) is 28.6 Å². The molecule has 0 amide bonds. The molecule has 0 aromatic rings. The number of hydrogen-bond acceptors (Lipinski definition) is 6. The van der Waals surface area contributed by atoms with E-state index in [0.717, 1.165) is 109 Å². The normalized spacial score (nSPS) is 13.0. The fourth-order valence-electron chi connectivity index (χ4n) is 7.86. The lowest BCUT2D eigenvalue weighted by molar-refractivity contribution is -0.167. The first-order valence-electron chi connectivity index (χ1n) is 29.5. The van der Waals surface area contributed by atoms with Gasteiger partial charge in [0.05, 0.1) is 0 Å². The van der Waals surface area contributed by atoms with Gasteiger partial charge in [-0.1, -0.05) is 258 Å². The molecule has 1 atom stereocenters. The Labute approximate surface area is 443 Å². The van der Waals surface area contributed by atoms with E-state index in [0.29, 0.717) is 19.3 Å². The summed E-state index contributed by atoms with van der Waals surface area (Å²) in [7, 11) is 0. The molecular formula is C66H108O6. The fourth-order valence-corrected chi connectivity index (χ4v) is 7.86. The number of carbonyl (C=O) groups excluding carboxylic acids is 3. The zero-order valence-electron chi connectivity index (χ0n) is 46.7. The molecule has 0 heterocycles. The molecular weight excluding hydrogens is 889 g/mol. The van der Waals surface area contributed by atoms with Gasteiger partial charge in [-0.25, -0.2) is 0 Å². The molecule has 72 heavy (non-hydrogen) atoms. The van der Waals surface area contributed by atoms with Crippen LogP contribution in [0.1, 0.15) is 258 Å². The molecule has 0 fully saturated rings. The molecule has 0 aliphatic rings. The summed E-state index contributed by atoms with van der Waals surface area (Å²) in [5.74, 6) is -0.971. The first-order chi connectivity index (χ1) is 35.5. The van der Waals surface area contributed by atoms with Crippen LogP contribution < -0.4 is 0 Å². The molecule has 0 N–H and O–H groups in total. The molecule has 0 aromatic carbocycles. The Morgan fingerprint density at radius 3 is 0.889 bits per heavy atom. The second kappa shape index (κ2) is 59.4. The zero-order valence-corrected chi connectivity index (χ0v) is 46.7. The molecule has 0 saturated carbocycles. The number of rotatable bonds is 52. The lowest BCUT2D eigenvalue weighted by atomic mass is 10.0. The van der Waals surface area contributed by atoms with Gasteiger partial charge >= 0.3 is 17.9 Å². The van der Waals surface area contributed by atoms with E-state index in [1.807, 2.05) is 0 Å². The minimum atomic E-state index is -0.806. The van der Waals surface area contributed by atoms with Crippen molar-refractivity contribution in [1.82, 2.24) is 0 Å². The zero-order chi connectivity index (χ0) is 52.2. The average Bonchev–Trinajstić information content (AvgIpc) is 3.38. The third-order valence-electron chi connectivity index (χ3n) is 12.2. The summed E-state index contributed by atoms with van der Waals surface area (Å²) in [4.78, 5) is 37.9. The fraction of sp³-hybridized carbons (Fsp3) is 0.652. The monoisotopic (exact) mass is 997 g/mol. The van der Waals surface area contributed by atoms with Gasteiger partial charge in [0.25, 0.3) is 0 Å². The highest BCUT2D eigenvalue weighted by Gasteiger charge is 2.19. The Kier molecular flexibility index (Phi) is 55.9. The van der Waals surface area contributed by atoms with Crippen LogP contribution in [-0.4, -0.2) is 37.2 Å². The SMILES string of the molecule is CC/C=C\C/C=C\C/C=C\C/C=C\C/C=C\CCCCCCCCCCCCCCCCCC(=O)OCC(COC(=O)CCCCCCCC)OC(=O)CCC/C=C\C/C=C\C/C=C\C/C=C\C/C=C\CC. The van der Waals surface area contributed by atoms with Gasteiger partial charge in [-0.3, -0.25) is 14.4 Å². The van der Waals surface area contributed by atoms with Gasteiger partial charge in [-0.15, -0.1) is 0 Å². The number of ether oxygens (including phenoxy) is 3. The van der Waals surface area contributed by atoms with Crippen LogP contribution in [0.2, 0.25) is 0 Å². The Morgan fingerprint density at radius 1 is 0.292 bits per heavy atom. The van der Waals surface area contributed by atoms with Gasteiger partial charge in [0.15, 0.2) is 6.10 Å². The molecule has 0 bridgehead atoms. The minimum Gasteiger partial charge on any atom is -0.462 e. The van der Waals surface area contributed by atoms with Crippen molar-refractivity contribution in [3.8, 4) is 0 Å². The second-order valence-corrected chi connectivity index (χ2v) is 19.1. The molecule has 6 nitrogen and oxygen atoms in total. The third-order valence-corrected chi connectivity index (χ3v) is 12.2. The van der Waals surface area contributed by atoms with Crippen molar-refractivity contribution in [2.45, 2.75) is 264 Å². The van der Waals surface area contributed by atoms with Crippen LogP contribution in [0.3, 0.4) is 0 Å². The molecule has 1 unspecified atom stereocenters. The van der Waals surface area contributed by atoms with E-state index >= 15 is 0 Å². The summed E-state index contributed by atoms with van der Waals surface area (Å²) < 4.78 is 16.7. The molecule has 0 radical (unpaired) electrons. The summed E-state index contributed by atoms with van der Waals surface area (Å²) in [6, 6.07) is 0. The standard InChI is InChI=1S/C66H108O6/c1-4-7-10-13-16-18-20-22-24-26-27-28-29-30-31-32-33-34-35-36-37-38-39-41-42-44-46-48-50-53-56-59-65(68)71-62-63(61-70-64(67)58-55-52-15-12-9-6-3)72-66(69)60-57-54-51-49-47-45-43-40-25-23-21-19-17-14-11-8-5-2/h7-8,10-11,16-19,22-25,27-28,30-31,43,45,49,51,63H,4-6,9,12-15,20-21,26,29,32-42,44,46-48,50,52-62H2,1-3H3/b10-7-,11-8-,18-16-,19-17-,24-22-,25-23-,28-27-,31-30-,45-43-,51-49-. The van der Waals surface area contributed by atoms with Gasteiger partial charge in [0, 0.05) is 19.3 Å². The average molecular weight is 998 g/mol. The van der Waals surface area contributed by atoms with Gasteiger partial charge in [-0.2, -0.15) is 0 Å². The van der Waals surface area contributed by atoms with Crippen molar-refractivity contribution in [2.75, 3.05) is 13.2 Å². The number of allylic oxidation sites excluding steroid dienone is 20. The number of carbonyl (C=O) groups is 3. The second-order valence-electron chi connectivity index (χ2n) is 19.1. The van der Waals surface area contributed by atoms with E-state index in [2.05, 4.69) is 142 Å². The van der Waals surface area contributed by atoms with Crippen molar-refractivity contribution < 1.29 is 28.6 Å². The van der Waals surface area contributed by atoms with E-state index in [1.165, 1.54) is 103 Å². The molecule has 408 valence electrons. The van der Waals surface area contributed by atoms with Gasteiger partial charge in [0.1, 0.15) is 13.2 Å². The van der Waals surface area contributed by atoms with E-state index in [-0.39, 0.29) is 37.5 Å². The highest BCUT2D eigenvalue weighted by atomic mass is 16.6. The molecule has 0 aliphatic heterocycles. The summed E-state index contributed by atoms with van der Waals surface area (Å²) in [5, 5.41) is 0. The van der Waals surface area contributed by atoms with Crippen molar-refractivity contribution in [2.24, 2.45) is 0 Å². The van der Waals surface area contributed by atoms with Crippen LogP contribution in [0.5, 0.6) is 0 Å². The minimum absolute atomic E-state index is 0.101. The quantitative estimate of drug-likeness (QED) is 0.0261. The van der Waals surface area contributed by atoms with Crippen LogP contribution >= 0.6 is 0 Å². The van der Waals surface area contributed by atoms with E-state index in [4.69, 9.17) is 14.2 Å². The predicted octanol–water partition coefficient (Wildman–Crippen LogP) is 20.0. The van der Waals surface area contributed by atoms with E-state index in [1.54, 1.807) is 0 Å². The van der Waals surface area contributed by atoms with E-state index in [9.17, 15) is 14.4 Å². The maximum absolute atomic E-state index is 12.8. The first kappa shape index (κ1) is 67.8. The van der Waals surface area contributed by atoms with Crippen molar-refractivity contribution in [3.63, 3.8) is 0 Å². The maximum Gasteiger partial charge on any atom is 0.306 e. The third kappa shape index (κ3) is 56.7. The highest BCUT2D eigenvalue weighted by molar-refractivity contribution is 5.71. The first-order valence-corrected chi connectivity index (χ1v) is 29.5. The number of esters is 3. The van der Waals surface area contributed by atoms with Crippen LogP contribution in [0.25, 0.3) is 0 Å². The summed E-state index contributed by atoms with van der Waals surface area (Å²) in [6.07, 6.45) is 82.5. The molecule has 0 saturated heterocycles. The summed E-state index contributed by atoms with van der Waals surface area (Å²) in [6.45, 7) is 6.30. The molecule has 0 rings (SSSR count). The highest BCUT2D eigenvalue weighted by Crippen LogP contribution is 2.15.